The zero-order valence-corrected chi connectivity index (χ0v) is 37.6. The zero-order chi connectivity index (χ0) is 44.3. The molecular weight excluding hydrogens is 799 g/mol. The summed E-state index contributed by atoms with van der Waals surface area (Å²) in [5, 5.41) is 4.59. The van der Waals surface area contributed by atoms with E-state index in [4.69, 9.17) is 4.42 Å². The van der Waals surface area contributed by atoms with E-state index in [2.05, 4.69) is 245 Å². The monoisotopic (exact) mass is 845 g/mol. The molecule has 10 aromatic carbocycles. The molecule has 0 unspecified atom stereocenters. The average molecular weight is 846 g/mol. The van der Waals surface area contributed by atoms with Crippen LogP contribution in [0.4, 0.5) is 17.1 Å². The molecule has 0 N–H and O–H groups in total. The number of hydrogen-bond acceptors (Lipinski definition) is 2. The third-order valence-corrected chi connectivity index (χ3v) is 14.9. The Hall–Kier alpha value is -7.94. The molecule has 2 heteroatoms. The molecule has 0 spiro atoms. The van der Waals surface area contributed by atoms with E-state index < -0.39 is 0 Å². The van der Waals surface area contributed by atoms with Crippen LogP contribution < -0.4 is 4.90 Å². The summed E-state index contributed by atoms with van der Waals surface area (Å²) in [5.41, 5.74) is 23.0. The number of nitrogens with zero attached hydrogens (tertiary/aromatic N) is 1. The predicted octanol–water partition coefficient (Wildman–Crippen LogP) is 17.8. The van der Waals surface area contributed by atoms with E-state index in [-0.39, 0.29) is 10.8 Å². The molecule has 0 aliphatic heterocycles. The van der Waals surface area contributed by atoms with Crippen LogP contribution in [0.25, 0.3) is 88.3 Å². The predicted molar refractivity (Wildman–Crippen MR) is 277 cm³/mol. The molecule has 314 valence electrons. The van der Waals surface area contributed by atoms with E-state index in [9.17, 15) is 0 Å². The lowest BCUT2D eigenvalue weighted by atomic mass is 9.78. The third kappa shape index (κ3) is 5.61. The highest BCUT2D eigenvalue weighted by molar-refractivity contribution is 6.19. The molecule has 1 heterocycles. The minimum atomic E-state index is -0.167. The Kier molecular flexibility index (Phi) is 8.33. The minimum Gasteiger partial charge on any atom is -0.455 e. The molecular formula is C64H47NO. The summed E-state index contributed by atoms with van der Waals surface area (Å²) in [5.74, 6) is 0. The minimum absolute atomic E-state index is 0.0628. The van der Waals surface area contributed by atoms with E-state index >= 15 is 0 Å². The van der Waals surface area contributed by atoms with E-state index in [0.717, 1.165) is 55.5 Å². The standard InChI is InChI=1S/C64H47NO/c1-63(2)55-23-10-7-17-48(55)50-37-32-43(39-57(50)63)40-27-33-44(34-28-40)65(58-25-12-9-19-51(58)53-22-13-21-52-49-18-8-11-24-56(49)64(3,4)61(52)53)45-35-29-42(30-36-45)46-20-14-26-59-60(46)54-38-31-41-15-5-6-16-47(41)62(54)66-59/h5-39H,1-4H3. The van der Waals surface area contributed by atoms with E-state index in [0.29, 0.717) is 0 Å². The van der Waals surface area contributed by atoms with Gasteiger partial charge in [0, 0.05) is 43.9 Å². The molecule has 0 bridgehead atoms. The first kappa shape index (κ1) is 38.5. The number of benzene rings is 10. The van der Waals surface area contributed by atoms with Crippen molar-refractivity contribution in [1.82, 2.24) is 0 Å². The summed E-state index contributed by atoms with van der Waals surface area (Å²) in [4.78, 5) is 2.44. The summed E-state index contributed by atoms with van der Waals surface area (Å²) < 4.78 is 6.61. The number of anilines is 3. The van der Waals surface area contributed by atoms with Gasteiger partial charge >= 0.3 is 0 Å². The smallest absolute Gasteiger partial charge is 0.143 e. The Morgan fingerprint density at radius 1 is 0.364 bits per heavy atom. The second kappa shape index (κ2) is 14.3. The van der Waals surface area contributed by atoms with Crippen LogP contribution in [-0.2, 0) is 10.8 Å². The number of furan rings is 1. The fraction of sp³-hybridized carbons (Fsp3) is 0.0938. The van der Waals surface area contributed by atoms with Crippen molar-refractivity contribution in [2.45, 2.75) is 38.5 Å². The van der Waals surface area contributed by atoms with Crippen molar-refractivity contribution in [2.75, 3.05) is 4.90 Å². The van der Waals surface area contributed by atoms with Gasteiger partial charge in [0.05, 0.1) is 5.69 Å². The molecule has 2 aliphatic carbocycles. The van der Waals surface area contributed by atoms with Crippen molar-refractivity contribution in [3.8, 4) is 55.6 Å². The van der Waals surface area contributed by atoms with Gasteiger partial charge in [-0.3, -0.25) is 0 Å². The molecule has 0 amide bonds. The van der Waals surface area contributed by atoms with Crippen molar-refractivity contribution < 1.29 is 4.42 Å². The molecule has 0 atom stereocenters. The summed E-state index contributed by atoms with van der Waals surface area (Å²) >= 11 is 0. The van der Waals surface area contributed by atoms with Crippen molar-refractivity contribution in [3.05, 3.63) is 235 Å². The molecule has 1 aromatic heterocycles. The Balaban J connectivity index is 0.952. The van der Waals surface area contributed by atoms with Gasteiger partial charge in [0.1, 0.15) is 11.2 Å². The summed E-state index contributed by atoms with van der Waals surface area (Å²) in [6.07, 6.45) is 0. The maximum absolute atomic E-state index is 6.61. The van der Waals surface area contributed by atoms with Gasteiger partial charge in [-0.1, -0.05) is 191 Å². The lowest BCUT2D eigenvalue weighted by Gasteiger charge is -2.30. The number of fused-ring (bicyclic) bond motifs is 11. The maximum atomic E-state index is 6.61. The number of rotatable bonds is 6. The van der Waals surface area contributed by atoms with Crippen LogP contribution in [0.3, 0.4) is 0 Å². The Morgan fingerprint density at radius 3 is 1.67 bits per heavy atom. The summed E-state index contributed by atoms with van der Waals surface area (Å²) in [6, 6.07) is 78.3. The molecule has 2 aliphatic rings. The quantitative estimate of drug-likeness (QED) is 0.166. The fourth-order valence-electron chi connectivity index (χ4n) is 11.7. The lowest BCUT2D eigenvalue weighted by molar-refractivity contribution is 0.660. The number of hydrogen-bond donors (Lipinski definition) is 0. The molecule has 0 saturated carbocycles. The van der Waals surface area contributed by atoms with Gasteiger partial charge in [-0.25, -0.2) is 0 Å². The molecule has 0 saturated heterocycles. The van der Waals surface area contributed by atoms with Crippen molar-refractivity contribution in [3.63, 3.8) is 0 Å². The average Bonchev–Trinajstić information content (AvgIpc) is 3.95. The molecule has 66 heavy (non-hydrogen) atoms. The second-order valence-electron chi connectivity index (χ2n) is 19.2. The highest BCUT2D eigenvalue weighted by atomic mass is 16.3. The summed E-state index contributed by atoms with van der Waals surface area (Å²) in [7, 11) is 0. The van der Waals surface area contributed by atoms with E-state index in [1.807, 2.05) is 0 Å². The van der Waals surface area contributed by atoms with Gasteiger partial charge in [-0.15, -0.1) is 0 Å². The fourth-order valence-corrected chi connectivity index (χ4v) is 11.7. The Bertz CT molecular complexity index is 3750. The molecule has 13 rings (SSSR count). The van der Waals surface area contributed by atoms with Crippen LogP contribution in [0.5, 0.6) is 0 Å². The van der Waals surface area contributed by atoms with Crippen molar-refractivity contribution >= 4 is 49.8 Å². The molecule has 0 fully saturated rings. The van der Waals surface area contributed by atoms with Gasteiger partial charge in [-0.05, 0) is 126 Å². The molecule has 11 aromatic rings. The first-order valence-corrected chi connectivity index (χ1v) is 23.2. The van der Waals surface area contributed by atoms with Crippen LogP contribution >= 0.6 is 0 Å². The highest BCUT2D eigenvalue weighted by Gasteiger charge is 2.38. The zero-order valence-electron chi connectivity index (χ0n) is 37.6. The SMILES string of the molecule is CC1(C)c2ccccc2-c2ccc(-c3ccc(N(c4ccc(-c5cccc6oc7c8ccccc8ccc7c56)cc4)c4ccccc4-c4cccc5c4C(C)(C)c4ccccc4-5)cc3)cc21. The highest BCUT2D eigenvalue weighted by Crippen LogP contribution is 2.54. The van der Waals surface area contributed by atoms with Crippen LogP contribution in [-0.4, -0.2) is 0 Å². The van der Waals surface area contributed by atoms with E-state index in [1.165, 1.54) is 72.1 Å². The first-order valence-electron chi connectivity index (χ1n) is 23.2. The second-order valence-corrected chi connectivity index (χ2v) is 19.2. The van der Waals surface area contributed by atoms with Crippen molar-refractivity contribution in [2.24, 2.45) is 0 Å². The third-order valence-electron chi connectivity index (χ3n) is 14.9. The molecule has 0 radical (unpaired) electrons. The van der Waals surface area contributed by atoms with Gasteiger partial charge in [0.2, 0.25) is 0 Å². The van der Waals surface area contributed by atoms with Gasteiger partial charge < -0.3 is 9.32 Å². The number of para-hydroxylation sites is 1. The van der Waals surface area contributed by atoms with Gasteiger partial charge in [0.25, 0.3) is 0 Å². The first-order chi connectivity index (χ1) is 32.3. The van der Waals surface area contributed by atoms with Crippen LogP contribution in [0.2, 0.25) is 0 Å². The van der Waals surface area contributed by atoms with Crippen LogP contribution in [0, 0.1) is 0 Å². The maximum Gasteiger partial charge on any atom is 0.143 e. The topological polar surface area (TPSA) is 16.4 Å². The lowest BCUT2D eigenvalue weighted by Crippen LogP contribution is -2.17. The Morgan fingerprint density at radius 2 is 0.909 bits per heavy atom. The Labute approximate surface area is 386 Å². The van der Waals surface area contributed by atoms with Crippen LogP contribution in [0.1, 0.15) is 49.9 Å². The van der Waals surface area contributed by atoms with Crippen LogP contribution in [0.15, 0.2) is 217 Å². The van der Waals surface area contributed by atoms with Gasteiger partial charge in [-0.2, -0.15) is 0 Å². The normalized spacial score (nSPS) is 14.0. The summed E-state index contributed by atoms with van der Waals surface area (Å²) in [6.45, 7) is 9.47. The van der Waals surface area contributed by atoms with E-state index in [1.54, 1.807) is 0 Å². The largest absolute Gasteiger partial charge is 0.455 e. The van der Waals surface area contributed by atoms with Crippen molar-refractivity contribution in [1.29, 1.82) is 0 Å². The molecule has 2 nitrogen and oxygen atoms in total. The van der Waals surface area contributed by atoms with Gasteiger partial charge in [0.15, 0.2) is 0 Å².